The number of piperidine rings is 1. The van der Waals surface area contributed by atoms with Crippen molar-refractivity contribution in [2.24, 2.45) is 16.8 Å². The fourth-order valence-corrected chi connectivity index (χ4v) is 3.46. The highest BCUT2D eigenvalue weighted by atomic mass is 15.2. The Bertz CT molecular complexity index is 286. The van der Waals surface area contributed by atoms with Crippen LogP contribution in [0.5, 0.6) is 0 Å². The molecule has 3 unspecified atom stereocenters. The Morgan fingerprint density at radius 3 is 2.69 bits per heavy atom. The van der Waals surface area contributed by atoms with Gasteiger partial charge >= 0.3 is 0 Å². The summed E-state index contributed by atoms with van der Waals surface area (Å²) in [4.78, 5) is 6.92. The Balaban J connectivity index is 2.16. The molecule has 90 valence electrons. The summed E-state index contributed by atoms with van der Waals surface area (Å²) in [6.07, 6.45) is 6.88. The fourth-order valence-electron chi connectivity index (χ4n) is 3.46. The molecular weight excluding hydrogens is 195 g/mol. The predicted octanol–water partition coefficient (Wildman–Crippen LogP) is 1.97. The first kappa shape index (κ1) is 12.0. The van der Waals surface area contributed by atoms with Crippen LogP contribution in [0, 0.1) is 11.8 Å². The summed E-state index contributed by atoms with van der Waals surface area (Å²) >= 11 is 0. The van der Waals surface area contributed by atoms with Crippen LogP contribution in [0.1, 0.15) is 39.0 Å². The van der Waals surface area contributed by atoms with Gasteiger partial charge in [0.1, 0.15) is 13.7 Å². The summed E-state index contributed by atoms with van der Waals surface area (Å²) in [7, 11) is 6.59. The van der Waals surface area contributed by atoms with Gasteiger partial charge < -0.3 is 4.90 Å². The van der Waals surface area contributed by atoms with E-state index in [-0.39, 0.29) is 0 Å². The van der Waals surface area contributed by atoms with Crippen molar-refractivity contribution < 1.29 is 0 Å². The molecule has 16 heavy (non-hydrogen) atoms. The molecule has 1 saturated carbocycles. The van der Waals surface area contributed by atoms with Gasteiger partial charge in [0.25, 0.3) is 0 Å². The van der Waals surface area contributed by atoms with E-state index in [1.807, 2.05) is 7.05 Å². The maximum atomic E-state index is 4.54. The van der Waals surface area contributed by atoms with E-state index in [4.69, 9.17) is 0 Å². The fraction of sp³-hybridized carbons (Fsp3) is 0.923. The average Bonchev–Trinajstić information content (AvgIpc) is 2.38. The van der Waals surface area contributed by atoms with Crippen molar-refractivity contribution in [3.05, 3.63) is 0 Å². The second kappa shape index (κ2) is 4.42. The Kier molecular flexibility index (Phi) is 3.32. The van der Waals surface area contributed by atoms with Crippen molar-refractivity contribution in [3.63, 3.8) is 0 Å². The summed E-state index contributed by atoms with van der Waals surface area (Å²) in [6, 6.07) is 0. The zero-order chi connectivity index (χ0) is 11.8. The molecule has 3 atom stereocenters. The molecule has 1 saturated heterocycles. The van der Waals surface area contributed by atoms with Crippen molar-refractivity contribution in [1.82, 2.24) is 4.90 Å². The second-order valence-corrected chi connectivity index (χ2v) is 6.40. The quantitative estimate of drug-likeness (QED) is 0.570. The van der Waals surface area contributed by atoms with Gasteiger partial charge in [0.2, 0.25) is 0 Å². The lowest BCUT2D eigenvalue weighted by Gasteiger charge is -2.38. The van der Waals surface area contributed by atoms with Crippen LogP contribution < -0.4 is 0 Å². The summed E-state index contributed by atoms with van der Waals surface area (Å²) in [6.45, 7) is 3.63. The van der Waals surface area contributed by atoms with Crippen molar-refractivity contribution in [1.29, 1.82) is 0 Å². The molecule has 0 aromatic rings. The first-order valence-electron chi connectivity index (χ1n) is 6.71. The third-order valence-corrected chi connectivity index (χ3v) is 4.68. The Labute approximate surface area is 101 Å². The smallest absolute Gasteiger partial charge is 0.109 e. The molecule has 2 nitrogen and oxygen atoms in total. The molecule has 0 aromatic carbocycles. The number of rotatable bonds is 0. The number of likely N-dealkylation sites (tertiary alicyclic amines) is 1. The molecule has 0 aromatic heterocycles. The van der Waals surface area contributed by atoms with Crippen molar-refractivity contribution in [2.45, 2.75) is 44.3 Å². The van der Waals surface area contributed by atoms with Gasteiger partial charge in [0, 0.05) is 26.6 Å². The van der Waals surface area contributed by atoms with E-state index in [2.05, 4.69) is 31.7 Å². The van der Waals surface area contributed by atoms with E-state index in [9.17, 15) is 0 Å². The van der Waals surface area contributed by atoms with Gasteiger partial charge in [-0.2, -0.15) is 0 Å². The highest BCUT2D eigenvalue weighted by Crippen LogP contribution is 2.45. The number of amidine groups is 1. The summed E-state index contributed by atoms with van der Waals surface area (Å²) in [5.74, 6) is 3.01. The summed E-state index contributed by atoms with van der Waals surface area (Å²) < 4.78 is 0. The van der Waals surface area contributed by atoms with Crippen LogP contribution in [-0.2, 0) is 0 Å². The van der Waals surface area contributed by atoms with Gasteiger partial charge in [0.05, 0.1) is 0 Å². The monoisotopic (exact) mass is 220 g/mol. The maximum Gasteiger partial charge on any atom is 0.109 e. The summed E-state index contributed by atoms with van der Waals surface area (Å²) in [5, 5.41) is 0.550. The van der Waals surface area contributed by atoms with Gasteiger partial charge in [0.15, 0.2) is 0 Å². The molecule has 0 spiro atoms. The van der Waals surface area contributed by atoms with E-state index >= 15 is 0 Å². The van der Waals surface area contributed by atoms with Crippen LogP contribution in [0.3, 0.4) is 0 Å². The standard InChI is InChI=1S/C13H25BN2/c1-13(14)7-4-10-6-9-16(3)12(15-2)11(10)5-8-13/h10-11H,4-9,14H2,1-3H3/b15-12-. The Morgan fingerprint density at radius 1 is 1.31 bits per heavy atom. The number of aliphatic imine (C=N–C) groups is 1. The highest BCUT2D eigenvalue weighted by Gasteiger charge is 2.37. The highest BCUT2D eigenvalue weighted by molar-refractivity contribution is 6.14. The zero-order valence-corrected chi connectivity index (χ0v) is 11.3. The second-order valence-electron chi connectivity index (χ2n) is 6.40. The Morgan fingerprint density at radius 2 is 2.00 bits per heavy atom. The van der Waals surface area contributed by atoms with E-state index in [0.29, 0.717) is 5.31 Å². The van der Waals surface area contributed by atoms with Crippen molar-refractivity contribution in [2.75, 3.05) is 20.6 Å². The van der Waals surface area contributed by atoms with Crippen LogP contribution in [0.4, 0.5) is 0 Å². The zero-order valence-electron chi connectivity index (χ0n) is 11.3. The Hall–Kier alpha value is -0.465. The van der Waals surface area contributed by atoms with Gasteiger partial charge in [-0.1, -0.05) is 25.1 Å². The number of hydrogen-bond acceptors (Lipinski definition) is 1. The molecule has 1 heterocycles. The van der Waals surface area contributed by atoms with Crippen molar-refractivity contribution >= 4 is 13.7 Å². The molecule has 0 bridgehead atoms. The topological polar surface area (TPSA) is 15.6 Å². The van der Waals surface area contributed by atoms with Gasteiger partial charge in [-0.3, -0.25) is 4.99 Å². The lowest BCUT2D eigenvalue weighted by atomic mass is 9.65. The third kappa shape index (κ3) is 2.28. The molecule has 1 aliphatic carbocycles. The third-order valence-electron chi connectivity index (χ3n) is 4.68. The van der Waals surface area contributed by atoms with E-state index in [0.717, 1.165) is 11.8 Å². The molecule has 0 radical (unpaired) electrons. The maximum absolute atomic E-state index is 4.54. The van der Waals surface area contributed by atoms with Crippen LogP contribution in [0.25, 0.3) is 0 Å². The first-order chi connectivity index (χ1) is 7.53. The van der Waals surface area contributed by atoms with Gasteiger partial charge in [-0.25, -0.2) is 0 Å². The predicted molar refractivity (Wildman–Crippen MR) is 73.0 cm³/mol. The molecule has 2 rings (SSSR count). The molecule has 0 amide bonds. The minimum Gasteiger partial charge on any atom is -0.363 e. The number of nitrogens with zero attached hydrogens (tertiary/aromatic N) is 2. The van der Waals surface area contributed by atoms with Crippen molar-refractivity contribution in [3.8, 4) is 0 Å². The van der Waals surface area contributed by atoms with Crippen LogP contribution >= 0.6 is 0 Å². The van der Waals surface area contributed by atoms with Crippen LogP contribution in [-0.4, -0.2) is 39.2 Å². The molecular formula is C13H25BN2. The van der Waals surface area contributed by atoms with Crippen LogP contribution in [0.2, 0.25) is 5.31 Å². The van der Waals surface area contributed by atoms with Gasteiger partial charge in [-0.05, 0) is 25.2 Å². The van der Waals surface area contributed by atoms with Gasteiger partial charge in [-0.15, -0.1) is 0 Å². The van der Waals surface area contributed by atoms with E-state index < -0.39 is 0 Å². The summed E-state index contributed by atoms with van der Waals surface area (Å²) in [5.41, 5.74) is 0. The number of hydrogen-bond donors (Lipinski definition) is 0. The largest absolute Gasteiger partial charge is 0.363 e. The lowest BCUT2D eigenvalue weighted by molar-refractivity contribution is 0.266. The normalized spacial score (nSPS) is 42.9. The molecule has 3 heteroatoms. The minimum absolute atomic E-state index is 0.550. The number of fused-ring (bicyclic) bond motifs is 1. The molecule has 2 aliphatic rings. The molecule has 0 N–H and O–H groups in total. The lowest BCUT2D eigenvalue weighted by Crippen LogP contribution is -2.43. The average molecular weight is 220 g/mol. The SMILES string of the molecule is BC1(C)CCC2CCN(C)/C(=N\C)C2CC1. The molecule has 2 fully saturated rings. The van der Waals surface area contributed by atoms with Crippen LogP contribution in [0.15, 0.2) is 4.99 Å². The molecule has 1 aliphatic heterocycles. The van der Waals surface area contributed by atoms with E-state index in [1.54, 1.807) is 0 Å². The minimum atomic E-state index is 0.550. The first-order valence-corrected chi connectivity index (χ1v) is 6.71. The van der Waals surface area contributed by atoms with E-state index in [1.165, 1.54) is 44.5 Å².